The molecule has 1 atom stereocenters. The third-order valence-electron chi connectivity index (χ3n) is 2.40. The Bertz CT molecular complexity index is 183. The second-order valence-corrected chi connectivity index (χ2v) is 4.36. The molecule has 0 bridgehead atoms. The monoisotopic (exact) mass is 171 g/mol. The fourth-order valence-electron chi connectivity index (χ4n) is 1.83. The zero-order valence-electron chi connectivity index (χ0n) is 8.00. The van der Waals surface area contributed by atoms with E-state index in [1.807, 2.05) is 0 Å². The SMILES string of the molecule is CC(C)(C)N1CCCC1C(=O)O. The third-order valence-corrected chi connectivity index (χ3v) is 2.40. The molecule has 0 saturated carbocycles. The van der Waals surface area contributed by atoms with Gasteiger partial charge < -0.3 is 5.11 Å². The Morgan fingerprint density at radius 3 is 2.42 bits per heavy atom. The molecule has 1 heterocycles. The van der Waals surface area contributed by atoms with Crippen LogP contribution in [0.15, 0.2) is 0 Å². The molecule has 1 aliphatic heterocycles. The molecule has 0 aromatic carbocycles. The lowest BCUT2D eigenvalue weighted by Crippen LogP contribution is -2.47. The summed E-state index contributed by atoms with van der Waals surface area (Å²) >= 11 is 0. The van der Waals surface area contributed by atoms with Crippen LogP contribution in [-0.2, 0) is 4.79 Å². The lowest BCUT2D eigenvalue weighted by atomic mass is 10.0. The molecule has 0 aromatic heterocycles. The molecule has 1 aliphatic rings. The van der Waals surface area contributed by atoms with Gasteiger partial charge in [0, 0.05) is 5.54 Å². The summed E-state index contributed by atoms with van der Waals surface area (Å²) in [5.74, 6) is -0.678. The summed E-state index contributed by atoms with van der Waals surface area (Å²) in [5.41, 5.74) is -0.0143. The van der Waals surface area contributed by atoms with Crippen molar-refractivity contribution in [1.82, 2.24) is 4.90 Å². The number of likely N-dealkylation sites (tertiary alicyclic amines) is 1. The van der Waals surface area contributed by atoms with Crippen LogP contribution < -0.4 is 0 Å². The van der Waals surface area contributed by atoms with Crippen LogP contribution in [0.3, 0.4) is 0 Å². The van der Waals surface area contributed by atoms with Gasteiger partial charge in [0.25, 0.3) is 0 Å². The van der Waals surface area contributed by atoms with Crippen LogP contribution >= 0.6 is 0 Å². The van der Waals surface area contributed by atoms with E-state index in [1.54, 1.807) is 0 Å². The summed E-state index contributed by atoms with van der Waals surface area (Å²) in [6.45, 7) is 7.11. The molecule has 0 spiro atoms. The number of nitrogens with zero attached hydrogens (tertiary/aromatic N) is 1. The van der Waals surface area contributed by atoms with Gasteiger partial charge in [0.05, 0.1) is 0 Å². The highest BCUT2D eigenvalue weighted by molar-refractivity contribution is 5.73. The lowest BCUT2D eigenvalue weighted by Gasteiger charge is -2.34. The van der Waals surface area contributed by atoms with Crippen molar-refractivity contribution < 1.29 is 9.90 Å². The van der Waals surface area contributed by atoms with E-state index in [0.29, 0.717) is 0 Å². The van der Waals surface area contributed by atoms with E-state index in [4.69, 9.17) is 5.11 Å². The number of carboxylic acids is 1. The number of carboxylic acid groups (broad SMARTS) is 1. The zero-order valence-corrected chi connectivity index (χ0v) is 8.00. The van der Waals surface area contributed by atoms with E-state index in [-0.39, 0.29) is 11.6 Å². The van der Waals surface area contributed by atoms with Gasteiger partial charge in [0.1, 0.15) is 6.04 Å². The van der Waals surface area contributed by atoms with E-state index in [1.165, 1.54) is 0 Å². The van der Waals surface area contributed by atoms with E-state index >= 15 is 0 Å². The zero-order chi connectivity index (χ0) is 9.35. The second kappa shape index (κ2) is 3.05. The number of aliphatic carboxylic acids is 1. The molecule has 12 heavy (non-hydrogen) atoms. The van der Waals surface area contributed by atoms with E-state index in [9.17, 15) is 4.79 Å². The molecule has 3 nitrogen and oxygen atoms in total. The molecule has 70 valence electrons. The van der Waals surface area contributed by atoms with Crippen LogP contribution in [0, 0.1) is 0 Å². The standard InChI is InChI=1S/C9H17NO2/c1-9(2,3)10-6-4-5-7(10)8(11)12/h7H,4-6H2,1-3H3,(H,11,12). The molecule has 0 aromatic rings. The summed E-state index contributed by atoms with van der Waals surface area (Å²) in [6.07, 6.45) is 1.81. The van der Waals surface area contributed by atoms with Gasteiger partial charge in [-0.25, -0.2) is 0 Å². The van der Waals surface area contributed by atoms with Crippen LogP contribution in [0.4, 0.5) is 0 Å². The van der Waals surface area contributed by atoms with Crippen molar-refractivity contribution in [1.29, 1.82) is 0 Å². The summed E-state index contributed by atoms with van der Waals surface area (Å²) in [5, 5.41) is 8.91. The lowest BCUT2D eigenvalue weighted by molar-refractivity contribution is -0.143. The smallest absolute Gasteiger partial charge is 0.320 e. The van der Waals surface area contributed by atoms with Gasteiger partial charge in [-0.15, -0.1) is 0 Å². The van der Waals surface area contributed by atoms with Crippen molar-refractivity contribution in [2.75, 3.05) is 6.54 Å². The molecule has 0 amide bonds. The molecule has 0 aliphatic carbocycles. The molecule has 1 N–H and O–H groups in total. The van der Waals surface area contributed by atoms with Gasteiger partial charge in [-0.1, -0.05) is 0 Å². The fraction of sp³-hybridized carbons (Fsp3) is 0.889. The molecule has 1 saturated heterocycles. The molecule has 1 fully saturated rings. The summed E-state index contributed by atoms with van der Waals surface area (Å²) in [6, 6.07) is -0.259. The first kappa shape index (κ1) is 9.52. The average molecular weight is 171 g/mol. The normalized spacial score (nSPS) is 26.1. The molecule has 1 rings (SSSR count). The van der Waals surface area contributed by atoms with Crippen molar-refractivity contribution >= 4 is 5.97 Å². The van der Waals surface area contributed by atoms with Gasteiger partial charge in [0.15, 0.2) is 0 Å². The summed E-state index contributed by atoms with van der Waals surface area (Å²) in [4.78, 5) is 12.9. The highest BCUT2D eigenvalue weighted by Gasteiger charge is 2.36. The van der Waals surface area contributed by atoms with Gasteiger partial charge >= 0.3 is 5.97 Å². The molecular formula is C9H17NO2. The Labute approximate surface area is 73.4 Å². The maximum Gasteiger partial charge on any atom is 0.320 e. The van der Waals surface area contributed by atoms with Gasteiger partial charge in [0.2, 0.25) is 0 Å². The minimum Gasteiger partial charge on any atom is -0.480 e. The molecule has 3 heteroatoms. The van der Waals surface area contributed by atoms with Crippen LogP contribution in [0.25, 0.3) is 0 Å². The van der Waals surface area contributed by atoms with Crippen molar-refractivity contribution in [2.24, 2.45) is 0 Å². The Morgan fingerprint density at radius 2 is 2.08 bits per heavy atom. The third kappa shape index (κ3) is 1.78. The maximum absolute atomic E-state index is 10.8. The number of carbonyl (C=O) groups is 1. The van der Waals surface area contributed by atoms with Gasteiger partial charge in [-0.2, -0.15) is 0 Å². The predicted molar refractivity (Wildman–Crippen MR) is 47.1 cm³/mol. The topological polar surface area (TPSA) is 40.5 Å². The van der Waals surface area contributed by atoms with Crippen molar-refractivity contribution in [3.8, 4) is 0 Å². The van der Waals surface area contributed by atoms with Gasteiger partial charge in [-0.3, -0.25) is 9.69 Å². The summed E-state index contributed by atoms with van der Waals surface area (Å²) in [7, 11) is 0. The number of hydrogen-bond acceptors (Lipinski definition) is 2. The molecule has 0 radical (unpaired) electrons. The van der Waals surface area contributed by atoms with Crippen LogP contribution in [0.1, 0.15) is 33.6 Å². The van der Waals surface area contributed by atoms with Crippen LogP contribution in [0.5, 0.6) is 0 Å². The van der Waals surface area contributed by atoms with Crippen molar-refractivity contribution in [2.45, 2.75) is 45.2 Å². The van der Waals surface area contributed by atoms with E-state index < -0.39 is 5.97 Å². The number of rotatable bonds is 1. The van der Waals surface area contributed by atoms with Crippen molar-refractivity contribution in [3.05, 3.63) is 0 Å². The largest absolute Gasteiger partial charge is 0.480 e. The first-order valence-electron chi connectivity index (χ1n) is 4.42. The quantitative estimate of drug-likeness (QED) is 0.647. The van der Waals surface area contributed by atoms with Crippen LogP contribution in [0.2, 0.25) is 0 Å². The second-order valence-electron chi connectivity index (χ2n) is 4.36. The maximum atomic E-state index is 10.8. The first-order chi connectivity index (χ1) is 5.43. The highest BCUT2D eigenvalue weighted by Crippen LogP contribution is 2.26. The van der Waals surface area contributed by atoms with E-state index in [0.717, 1.165) is 19.4 Å². The Morgan fingerprint density at radius 1 is 1.50 bits per heavy atom. The Balaban J connectivity index is 2.71. The molecule has 1 unspecified atom stereocenters. The minimum absolute atomic E-state index is 0.0143. The molecular weight excluding hydrogens is 154 g/mol. The Hall–Kier alpha value is -0.570. The summed E-state index contributed by atoms with van der Waals surface area (Å²) < 4.78 is 0. The number of hydrogen-bond donors (Lipinski definition) is 1. The van der Waals surface area contributed by atoms with Crippen molar-refractivity contribution in [3.63, 3.8) is 0 Å². The van der Waals surface area contributed by atoms with Crippen LogP contribution in [-0.4, -0.2) is 34.1 Å². The predicted octanol–water partition coefficient (Wildman–Crippen LogP) is 1.33. The van der Waals surface area contributed by atoms with E-state index in [2.05, 4.69) is 25.7 Å². The minimum atomic E-state index is -0.678. The average Bonchev–Trinajstić information content (AvgIpc) is 2.30. The Kier molecular flexibility index (Phi) is 2.42. The highest BCUT2D eigenvalue weighted by atomic mass is 16.4. The van der Waals surface area contributed by atoms with Gasteiger partial charge in [-0.05, 0) is 40.2 Å². The first-order valence-corrected chi connectivity index (χ1v) is 4.42. The fourth-order valence-corrected chi connectivity index (χ4v) is 1.83.